The molecule has 0 aromatic carbocycles. The number of thioether (sulfide) groups is 1. The second-order valence-electron chi connectivity index (χ2n) is 7.92. The highest BCUT2D eigenvalue weighted by atomic mass is 32.2. The van der Waals surface area contributed by atoms with Crippen LogP contribution in [0.5, 0.6) is 0 Å². The van der Waals surface area contributed by atoms with Crippen molar-refractivity contribution in [3.63, 3.8) is 0 Å². The van der Waals surface area contributed by atoms with E-state index in [1.54, 1.807) is 23.2 Å². The first kappa shape index (κ1) is 24.5. The molecule has 13 nitrogen and oxygen atoms in total. The highest BCUT2D eigenvalue weighted by molar-refractivity contribution is 8.00. The molecule has 2 amide bonds. The summed E-state index contributed by atoms with van der Waals surface area (Å²) in [6, 6.07) is 2.67. The number of anilines is 1. The van der Waals surface area contributed by atoms with E-state index in [1.165, 1.54) is 30.6 Å². The number of carbonyl (C=O) groups is 3. The van der Waals surface area contributed by atoms with Crippen LogP contribution < -0.4 is 20.7 Å². The highest BCUT2D eigenvalue weighted by Crippen LogP contribution is 2.40. The van der Waals surface area contributed by atoms with Crippen LogP contribution in [-0.2, 0) is 25.8 Å². The molecule has 0 radical (unpaired) electrons. The van der Waals surface area contributed by atoms with Crippen molar-refractivity contribution in [3.8, 4) is 11.3 Å². The second-order valence-corrected chi connectivity index (χ2v) is 9.91. The lowest BCUT2D eigenvalue weighted by Crippen LogP contribution is -2.71. The number of nitrogens with one attached hydrogen (secondary N) is 1. The monoisotopic (exact) mass is 541 g/mol. The number of hydrogen-bond donors (Lipinski definition) is 2. The molecule has 0 spiro atoms. The van der Waals surface area contributed by atoms with Gasteiger partial charge >= 0.3 is 0 Å². The Morgan fingerprint density at radius 3 is 2.81 bits per heavy atom. The largest absolute Gasteiger partial charge is 0.543 e. The molecule has 2 aliphatic rings. The van der Waals surface area contributed by atoms with Crippen molar-refractivity contribution in [1.82, 2.24) is 20.2 Å². The molecule has 1 fully saturated rings. The van der Waals surface area contributed by atoms with Crippen LogP contribution in [0.4, 0.5) is 5.13 Å². The van der Waals surface area contributed by atoms with E-state index in [9.17, 15) is 19.5 Å². The van der Waals surface area contributed by atoms with Crippen LogP contribution in [0.3, 0.4) is 0 Å². The number of carbonyl (C=O) groups excluding carboxylic acids is 3. The zero-order chi connectivity index (χ0) is 26.1. The molecular formula is C22H19N7O6S2. The number of aromatic nitrogens is 3. The van der Waals surface area contributed by atoms with Crippen LogP contribution in [0.15, 0.2) is 63.3 Å². The van der Waals surface area contributed by atoms with E-state index in [0.717, 1.165) is 21.8 Å². The Kier molecular flexibility index (Phi) is 6.62. The van der Waals surface area contributed by atoms with E-state index >= 15 is 0 Å². The number of carboxylic acid groups (broad SMARTS) is 1. The molecule has 1 saturated heterocycles. The molecule has 3 aromatic rings. The summed E-state index contributed by atoms with van der Waals surface area (Å²) in [5.74, 6) is -1.80. The van der Waals surface area contributed by atoms with E-state index in [2.05, 4.69) is 20.4 Å². The van der Waals surface area contributed by atoms with Crippen LogP contribution in [-0.4, -0.2) is 62.6 Å². The van der Waals surface area contributed by atoms with E-state index < -0.39 is 29.2 Å². The fourth-order valence-electron chi connectivity index (χ4n) is 4.00. The van der Waals surface area contributed by atoms with Gasteiger partial charge in [-0.25, -0.2) is 14.5 Å². The van der Waals surface area contributed by atoms with Crippen LogP contribution in [0.25, 0.3) is 11.3 Å². The highest BCUT2D eigenvalue weighted by Gasteiger charge is 2.53. The van der Waals surface area contributed by atoms with Crippen LogP contribution in [0.1, 0.15) is 5.69 Å². The molecular weight excluding hydrogens is 522 g/mol. The summed E-state index contributed by atoms with van der Waals surface area (Å²) in [4.78, 5) is 51.7. The third-order valence-electron chi connectivity index (χ3n) is 5.67. The summed E-state index contributed by atoms with van der Waals surface area (Å²) in [7, 11) is 1.27. The smallest absolute Gasteiger partial charge is 0.276 e. The molecule has 2 aliphatic heterocycles. The van der Waals surface area contributed by atoms with Gasteiger partial charge in [0.2, 0.25) is 0 Å². The van der Waals surface area contributed by atoms with Gasteiger partial charge in [0.25, 0.3) is 11.8 Å². The maximum Gasteiger partial charge on any atom is 0.276 e. The quantitative estimate of drug-likeness (QED) is 0.157. The van der Waals surface area contributed by atoms with Gasteiger partial charge in [-0.3, -0.25) is 14.5 Å². The predicted octanol–water partition coefficient (Wildman–Crippen LogP) is -0.878. The van der Waals surface area contributed by atoms with Crippen molar-refractivity contribution >= 4 is 51.7 Å². The number of nitrogen functional groups attached to an aromatic ring is 1. The number of oxime groups is 1. The molecule has 2 atom stereocenters. The van der Waals surface area contributed by atoms with Crippen molar-refractivity contribution < 1.29 is 33.3 Å². The maximum atomic E-state index is 13.0. The van der Waals surface area contributed by atoms with E-state index in [4.69, 9.17) is 15.0 Å². The second kappa shape index (κ2) is 10.0. The third-order valence-corrected chi connectivity index (χ3v) is 7.68. The van der Waals surface area contributed by atoms with Gasteiger partial charge < -0.3 is 30.2 Å². The van der Waals surface area contributed by atoms with E-state index in [0.29, 0.717) is 17.1 Å². The van der Waals surface area contributed by atoms with Crippen LogP contribution in [0.2, 0.25) is 0 Å². The first-order valence-electron chi connectivity index (χ1n) is 10.8. The summed E-state index contributed by atoms with van der Waals surface area (Å²) in [6.45, 7) is 0.233. The number of hydrogen-bond acceptors (Lipinski definition) is 12. The van der Waals surface area contributed by atoms with Gasteiger partial charge in [-0.05, 0) is 0 Å². The number of aliphatic carboxylic acids is 1. The lowest BCUT2D eigenvalue weighted by molar-refractivity contribution is -0.689. The van der Waals surface area contributed by atoms with E-state index in [1.807, 2.05) is 12.1 Å². The number of carboxylic acids is 1. The Labute approximate surface area is 217 Å². The molecule has 190 valence electrons. The van der Waals surface area contributed by atoms with Gasteiger partial charge in [0.05, 0.1) is 17.9 Å². The first-order chi connectivity index (χ1) is 17.9. The van der Waals surface area contributed by atoms with Gasteiger partial charge in [-0.1, -0.05) is 5.16 Å². The minimum absolute atomic E-state index is 0.149. The average Bonchev–Trinajstić information content (AvgIpc) is 3.58. The molecule has 3 aromatic heterocycles. The standard InChI is InChI=1S/C22H19N7O6S2/c1-34-27-15(13-9-37-22(23)25-13)18(30)26-16-19(31)29-17(21(32)33)12(8-36-20(16)29)7-28-4-2-11(3-5-28)14-6-24-10-35-14/h2-6,9-10,16,20H,7-8H2,1H3,(H3-,23,25,26,30,32,33)/t16-,20-/m1/s1. The van der Waals surface area contributed by atoms with Gasteiger partial charge in [-0.15, -0.1) is 23.1 Å². The zero-order valence-corrected chi connectivity index (χ0v) is 20.8. The molecule has 37 heavy (non-hydrogen) atoms. The van der Waals surface area contributed by atoms with Crippen molar-refractivity contribution in [2.24, 2.45) is 5.16 Å². The number of nitrogens with two attached hydrogens (primary N) is 1. The molecule has 0 bridgehead atoms. The van der Waals surface area contributed by atoms with Gasteiger partial charge in [0, 0.05) is 34.4 Å². The van der Waals surface area contributed by atoms with E-state index in [-0.39, 0.29) is 28.8 Å². The lowest BCUT2D eigenvalue weighted by Gasteiger charge is -2.50. The number of oxazole rings is 1. The summed E-state index contributed by atoms with van der Waals surface area (Å²) < 4.78 is 7.07. The van der Waals surface area contributed by atoms with Gasteiger partial charge in [-0.2, -0.15) is 0 Å². The Hall–Kier alpha value is -4.24. The summed E-state index contributed by atoms with van der Waals surface area (Å²) in [6.07, 6.45) is 6.48. The van der Waals surface area contributed by atoms with Crippen LogP contribution >= 0.6 is 23.1 Å². The number of rotatable bonds is 8. The Morgan fingerprint density at radius 1 is 1.41 bits per heavy atom. The molecule has 5 heterocycles. The molecule has 3 N–H and O–H groups in total. The summed E-state index contributed by atoms with van der Waals surface area (Å²) >= 11 is 2.46. The normalized spacial score (nSPS) is 19.3. The molecule has 0 saturated carbocycles. The van der Waals surface area contributed by atoms with Gasteiger partial charge in [0.15, 0.2) is 41.9 Å². The molecule has 0 aliphatic carbocycles. The molecule has 5 rings (SSSR count). The summed E-state index contributed by atoms with van der Waals surface area (Å²) in [5, 5.41) is 19.5. The number of fused-ring (bicyclic) bond motifs is 1. The fourth-order valence-corrected chi connectivity index (χ4v) is 5.88. The molecule has 15 heteroatoms. The van der Waals surface area contributed by atoms with Crippen molar-refractivity contribution in [3.05, 3.63) is 59.5 Å². The number of amides is 2. The number of pyridine rings is 1. The topological polar surface area (TPSA) is 180 Å². The van der Waals surface area contributed by atoms with Gasteiger partial charge in [0.1, 0.15) is 24.2 Å². The Morgan fingerprint density at radius 2 is 2.19 bits per heavy atom. The number of thiazole rings is 1. The number of nitrogens with zero attached hydrogens (tertiary/aromatic N) is 5. The first-order valence-corrected chi connectivity index (χ1v) is 12.7. The summed E-state index contributed by atoms with van der Waals surface area (Å²) in [5.41, 5.74) is 6.83. The average molecular weight is 542 g/mol. The van der Waals surface area contributed by atoms with Crippen LogP contribution in [0, 0.1) is 0 Å². The third kappa shape index (κ3) is 4.65. The maximum absolute atomic E-state index is 13.0. The minimum Gasteiger partial charge on any atom is -0.543 e. The van der Waals surface area contributed by atoms with Crippen molar-refractivity contribution in [2.45, 2.75) is 18.0 Å². The van der Waals surface area contributed by atoms with Crippen molar-refractivity contribution in [1.29, 1.82) is 0 Å². The zero-order valence-electron chi connectivity index (χ0n) is 19.2. The lowest BCUT2D eigenvalue weighted by atomic mass is 10.0. The van der Waals surface area contributed by atoms with Crippen molar-refractivity contribution in [2.75, 3.05) is 18.6 Å². The minimum atomic E-state index is -1.46. The Balaban J connectivity index is 1.32. The fraction of sp³-hybridized carbons (Fsp3) is 0.227. The number of β-lactam (4-membered cyclic amide) rings is 1. The molecule has 0 unspecified atom stereocenters. The Bertz CT molecular complexity index is 1420. The predicted molar refractivity (Wildman–Crippen MR) is 129 cm³/mol. The SMILES string of the molecule is CON=C(C(=O)N[C@@H]1C(=O)N2C(C(=O)[O-])=C(C[n+]3ccc(-c4cnco4)cc3)CS[C@H]12)c1csc(N)n1.